The zero-order valence-electron chi connectivity index (χ0n) is 10.6. The fourth-order valence-electron chi connectivity index (χ4n) is 2.03. The van der Waals surface area contributed by atoms with Crippen LogP contribution in [-0.4, -0.2) is 5.16 Å². The van der Waals surface area contributed by atoms with Gasteiger partial charge in [-0.15, -0.1) is 0 Å². The van der Waals surface area contributed by atoms with Crippen molar-refractivity contribution in [1.82, 2.24) is 5.16 Å². The molecule has 0 saturated heterocycles. The first-order valence-electron chi connectivity index (χ1n) is 6.03. The average molecular weight is 384 g/mol. The molecule has 1 heterocycles. The van der Waals surface area contributed by atoms with E-state index in [-0.39, 0.29) is 0 Å². The van der Waals surface area contributed by atoms with Crippen molar-refractivity contribution < 1.29 is 4.52 Å². The van der Waals surface area contributed by atoms with E-state index in [9.17, 15) is 0 Å². The van der Waals surface area contributed by atoms with Gasteiger partial charge in [-0.05, 0) is 42.0 Å². The van der Waals surface area contributed by atoms with Crippen LogP contribution in [0.1, 0.15) is 0 Å². The Labute approximate surface area is 139 Å². The molecule has 0 unspecified atom stereocenters. The molecule has 0 saturated carbocycles. The molecule has 3 rings (SSSR count). The van der Waals surface area contributed by atoms with Crippen molar-refractivity contribution in [1.29, 1.82) is 0 Å². The summed E-state index contributed by atoms with van der Waals surface area (Å²) in [5.74, 6) is 0.907. The highest BCUT2D eigenvalue weighted by molar-refractivity contribution is 9.10. The molecule has 1 aromatic heterocycles. The minimum absolute atomic E-state index is 0.311. The van der Waals surface area contributed by atoms with E-state index in [0.717, 1.165) is 15.6 Å². The Bertz CT molecular complexity index is 800. The van der Waals surface area contributed by atoms with Crippen molar-refractivity contribution in [2.24, 2.45) is 0 Å². The number of hydrogen-bond donors (Lipinski definition) is 1. The number of aromatic nitrogens is 1. The first kappa shape index (κ1) is 14.4. The lowest BCUT2D eigenvalue weighted by Gasteiger charge is -2.04. The highest BCUT2D eigenvalue weighted by Gasteiger charge is 2.18. The van der Waals surface area contributed by atoms with Crippen LogP contribution in [0, 0.1) is 0 Å². The van der Waals surface area contributed by atoms with Crippen molar-refractivity contribution in [2.45, 2.75) is 0 Å². The smallest absolute Gasteiger partial charge is 0.176 e. The van der Waals surface area contributed by atoms with Gasteiger partial charge in [0.05, 0.1) is 15.6 Å². The molecule has 6 heteroatoms. The lowest BCUT2D eigenvalue weighted by atomic mass is 10.0. The molecule has 0 aliphatic heterocycles. The molecule has 0 aliphatic carbocycles. The minimum atomic E-state index is 0.311. The summed E-state index contributed by atoms with van der Waals surface area (Å²) in [4.78, 5) is 0. The van der Waals surface area contributed by atoms with E-state index in [1.807, 2.05) is 30.3 Å². The Morgan fingerprint density at radius 3 is 2.29 bits per heavy atom. The third kappa shape index (κ3) is 2.79. The van der Waals surface area contributed by atoms with Gasteiger partial charge in [0.2, 0.25) is 0 Å². The predicted molar refractivity (Wildman–Crippen MR) is 89.5 cm³/mol. The molecule has 0 spiro atoms. The summed E-state index contributed by atoms with van der Waals surface area (Å²) in [5.41, 5.74) is 8.33. The summed E-state index contributed by atoms with van der Waals surface area (Å²) in [6.07, 6.45) is 0. The van der Waals surface area contributed by atoms with Gasteiger partial charge in [0.15, 0.2) is 11.6 Å². The Balaban J connectivity index is 2.16. The van der Waals surface area contributed by atoms with Gasteiger partial charge in [-0.2, -0.15) is 0 Å². The number of halogens is 3. The summed E-state index contributed by atoms with van der Waals surface area (Å²) in [5, 5.41) is 4.80. The molecular weight excluding hydrogens is 375 g/mol. The Hall–Kier alpha value is -1.49. The van der Waals surface area contributed by atoms with Crippen LogP contribution in [0.15, 0.2) is 51.5 Å². The summed E-state index contributed by atoms with van der Waals surface area (Å²) >= 11 is 15.4. The van der Waals surface area contributed by atoms with Crippen LogP contribution in [0.2, 0.25) is 10.0 Å². The van der Waals surface area contributed by atoms with Crippen LogP contribution >= 0.6 is 39.1 Å². The highest BCUT2D eigenvalue weighted by Crippen LogP contribution is 2.38. The molecular formula is C15H9BrCl2N2O. The van der Waals surface area contributed by atoms with Gasteiger partial charge < -0.3 is 10.3 Å². The molecule has 0 aliphatic rings. The van der Waals surface area contributed by atoms with Gasteiger partial charge >= 0.3 is 0 Å². The van der Waals surface area contributed by atoms with Crippen molar-refractivity contribution in [3.8, 4) is 22.5 Å². The quantitative estimate of drug-likeness (QED) is 0.621. The van der Waals surface area contributed by atoms with Crippen molar-refractivity contribution >= 4 is 44.9 Å². The molecule has 0 atom stereocenters. The van der Waals surface area contributed by atoms with Crippen molar-refractivity contribution in [3.63, 3.8) is 0 Å². The highest BCUT2D eigenvalue weighted by atomic mass is 79.9. The van der Waals surface area contributed by atoms with Gasteiger partial charge in [-0.1, -0.05) is 50.4 Å². The molecule has 21 heavy (non-hydrogen) atoms. The van der Waals surface area contributed by atoms with E-state index >= 15 is 0 Å². The fourth-order valence-corrected chi connectivity index (χ4v) is 2.59. The molecule has 3 aromatic rings. The fraction of sp³-hybridized carbons (Fsp3) is 0. The van der Waals surface area contributed by atoms with Gasteiger partial charge in [0.25, 0.3) is 0 Å². The number of nitrogen functional groups attached to an aromatic ring is 1. The Kier molecular flexibility index (Phi) is 3.93. The molecule has 106 valence electrons. The number of nitrogens with zero attached hydrogens (tertiary/aromatic N) is 1. The zero-order valence-corrected chi connectivity index (χ0v) is 13.7. The average Bonchev–Trinajstić information content (AvgIpc) is 2.85. The van der Waals surface area contributed by atoms with Crippen LogP contribution < -0.4 is 5.73 Å². The van der Waals surface area contributed by atoms with E-state index < -0.39 is 0 Å². The van der Waals surface area contributed by atoms with Crippen LogP contribution in [0.3, 0.4) is 0 Å². The maximum absolute atomic E-state index is 6.07. The Morgan fingerprint density at radius 2 is 1.62 bits per heavy atom. The zero-order chi connectivity index (χ0) is 15.0. The summed E-state index contributed by atoms with van der Waals surface area (Å²) < 4.78 is 6.36. The molecule has 0 bridgehead atoms. The number of anilines is 1. The second-order valence-electron chi connectivity index (χ2n) is 4.41. The summed E-state index contributed by atoms with van der Waals surface area (Å²) in [6.45, 7) is 0. The topological polar surface area (TPSA) is 52.0 Å². The van der Waals surface area contributed by atoms with Crippen LogP contribution in [0.5, 0.6) is 0 Å². The van der Waals surface area contributed by atoms with Crippen LogP contribution in [0.4, 0.5) is 5.82 Å². The van der Waals surface area contributed by atoms with Crippen LogP contribution in [0.25, 0.3) is 22.5 Å². The number of benzene rings is 2. The minimum Gasteiger partial charge on any atom is -0.380 e. The second kappa shape index (κ2) is 5.72. The van der Waals surface area contributed by atoms with E-state index in [0.29, 0.717) is 27.2 Å². The normalized spacial score (nSPS) is 10.8. The summed E-state index contributed by atoms with van der Waals surface area (Å²) in [7, 11) is 0. The van der Waals surface area contributed by atoms with Gasteiger partial charge in [-0.25, -0.2) is 0 Å². The van der Waals surface area contributed by atoms with Crippen molar-refractivity contribution in [2.75, 3.05) is 5.73 Å². The van der Waals surface area contributed by atoms with Crippen LogP contribution in [-0.2, 0) is 0 Å². The number of hydrogen-bond acceptors (Lipinski definition) is 3. The largest absolute Gasteiger partial charge is 0.380 e. The molecule has 3 nitrogen and oxygen atoms in total. The first-order chi connectivity index (χ1) is 10.1. The SMILES string of the molecule is Nc1noc(-c2ccc(Br)cc2)c1-c1ccc(Cl)c(Cl)c1. The van der Waals surface area contributed by atoms with Gasteiger partial charge in [-0.3, -0.25) is 0 Å². The predicted octanol–water partition coefficient (Wildman–Crippen LogP) is 5.66. The third-order valence-electron chi connectivity index (χ3n) is 3.03. The number of rotatable bonds is 2. The van der Waals surface area contributed by atoms with Gasteiger partial charge in [0.1, 0.15) is 0 Å². The molecule has 2 N–H and O–H groups in total. The van der Waals surface area contributed by atoms with E-state index in [2.05, 4.69) is 21.1 Å². The second-order valence-corrected chi connectivity index (χ2v) is 6.14. The lowest BCUT2D eigenvalue weighted by molar-refractivity contribution is 0.436. The summed E-state index contributed by atoms with van der Waals surface area (Å²) in [6, 6.07) is 13.0. The standard InChI is InChI=1S/C15H9BrCl2N2O/c16-10-4-1-8(2-5-10)14-13(15(19)20-21-14)9-3-6-11(17)12(18)7-9/h1-7H,(H2,19,20). The van der Waals surface area contributed by atoms with E-state index in [1.54, 1.807) is 12.1 Å². The maximum Gasteiger partial charge on any atom is 0.176 e. The van der Waals surface area contributed by atoms with E-state index in [1.165, 1.54) is 0 Å². The van der Waals surface area contributed by atoms with Crippen molar-refractivity contribution in [3.05, 3.63) is 57.0 Å². The first-order valence-corrected chi connectivity index (χ1v) is 7.57. The Morgan fingerprint density at radius 1 is 0.952 bits per heavy atom. The van der Waals surface area contributed by atoms with Gasteiger partial charge in [0, 0.05) is 10.0 Å². The molecule has 2 aromatic carbocycles. The molecule has 0 radical (unpaired) electrons. The maximum atomic E-state index is 6.07. The lowest BCUT2D eigenvalue weighted by Crippen LogP contribution is -1.89. The van der Waals surface area contributed by atoms with E-state index in [4.69, 9.17) is 33.5 Å². The number of nitrogens with two attached hydrogens (primary N) is 1. The monoisotopic (exact) mass is 382 g/mol. The third-order valence-corrected chi connectivity index (χ3v) is 4.30. The molecule has 0 amide bonds. The molecule has 0 fully saturated rings.